The monoisotopic (exact) mass is 427 g/mol. The zero-order valence-corrected chi connectivity index (χ0v) is 15.4. The molecule has 0 fully saturated rings. The third-order valence-corrected chi connectivity index (χ3v) is 4.76. The van der Waals surface area contributed by atoms with E-state index in [-0.39, 0.29) is 5.56 Å². The third-order valence-electron chi connectivity index (χ3n) is 3.87. The highest BCUT2D eigenvalue weighted by molar-refractivity contribution is 9.10. The van der Waals surface area contributed by atoms with Crippen LogP contribution in [0.3, 0.4) is 0 Å². The fourth-order valence-corrected chi connectivity index (χ4v) is 2.38. The largest absolute Gasteiger partial charge is 0.493 e. The molecule has 0 bridgehead atoms. The number of nitrogens with zero attached hydrogens (tertiary/aromatic N) is 2. The zero-order valence-electron chi connectivity index (χ0n) is 13.8. The van der Waals surface area contributed by atoms with Gasteiger partial charge in [-0.3, -0.25) is 14.8 Å². The molecule has 2 rings (SSSR count). The Morgan fingerprint density at radius 2 is 1.85 bits per heavy atom. The van der Waals surface area contributed by atoms with E-state index in [9.17, 15) is 30.0 Å². The molecule has 2 aromatic rings. The highest BCUT2D eigenvalue weighted by Crippen LogP contribution is 2.22. The first-order valence-corrected chi connectivity index (χ1v) is 8.30. The number of H-pyrrole nitrogens is 1. The lowest BCUT2D eigenvalue weighted by molar-refractivity contribution is 0.0718. The van der Waals surface area contributed by atoms with Crippen molar-refractivity contribution < 1.29 is 20.4 Å². The van der Waals surface area contributed by atoms with Crippen molar-refractivity contribution in [2.75, 3.05) is 19.8 Å². The molecular weight excluding hydrogens is 410 g/mol. The Morgan fingerprint density at radius 1 is 1.23 bits per heavy atom. The summed E-state index contributed by atoms with van der Waals surface area (Å²) in [5, 5.41) is 38.3. The number of nitrogens with one attached hydrogen (secondary N) is 1. The molecule has 0 atom stereocenters. The predicted molar refractivity (Wildman–Crippen MR) is 98.3 cm³/mol. The molecular formula is C16H18BrN3O6. The molecule has 26 heavy (non-hydrogen) atoms. The Kier molecular flexibility index (Phi) is 6.13. The van der Waals surface area contributed by atoms with Crippen molar-refractivity contribution in [1.82, 2.24) is 9.55 Å². The van der Waals surface area contributed by atoms with Gasteiger partial charge in [-0.25, -0.2) is 9.36 Å². The van der Waals surface area contributed by atoms with Crippen LogP contribution in [-0.2, 0) is 0 Å². The predicted octanol–water partition coefficient (Wildman–Crippen LogP) is -0.563. The van der Waals surface area contributed by atoms with E-state index in [1.807, 2.05) is 0 Å². The van der Waals surface area contributed by atoms with Gasteiger partial charge in [0.05, 0.1) is 25.5 Å². The van der Waals surface area contributed by atoms with Crippen molar-refractivity contribution in [2.24, 2.45) is 4.99 Å². The summed E-state index contributed by atoms with van der Waals surface area (Å²) in [6, 6.07) is 4.88. The van der Waals surface area contributed by atoms with Gasteiger partial charge in [-0.2, -0.15) is 0 Å². The van der Waals surface area contributed by atoms with E-state index in [1.54, 1.807) is 25.1 Å². The molecule has 1 aromatic carbocycles. The minimum Gasteiger partial charge on any atom is -0.493 e. The molecule has 0 saturated carbocycles. The van der Waals surface area contributed by atoms with E-state index >= 15 is 0 Å². The van der Waals surface area contributed by atoms with Crippen LogP contribution in [0, 0.1) is 6.92 Å². The molecule has 0 unspecified atom stereocenters. The Bertz CT molecular complexity index is 938. The topological polar surface area (TPSA) is 148 Å². The van der Waals surface area contributed by atoms with Gasteiger partial charge in [0.25, 0.3) is 5.56 Å². The van der Waals surface area contributed by atoms with Crippen LogP contribution in [0.15, 0.2) is 37.3 Å². The van der Waals surface area contributed by atoms with Crippen LogP contribution in [0.5, 0.6) is 5.88 Å². The van der Waals surface area contributed by atoms with Gasteiger partial charge in [-0.1, -0.05) is 15.9 Å². The van der Waals surface area contributed by atoms with Gasteiger partial charge in [-0.05, 0) is 30.7 Å². The van der Waals surface area contributed by atoms with Crippen molar-refractivity contribution in [3.63, 3.8) is 0 Å². The SMILES string of the molecule is Cc1cc(-n2c(O)c(C=NC(CO)(CO)CO)c(=O)[nH]c2=O)ccc1Br. The first kappa shape index (κ1) is 20.0. The molecule has 0 saturated heterocycles. The molecule has 1 aromatic heterocycles. The van der Waals surface area contributed by atoms with Crippen molar-refractivity contribution in [1.29, 1.82) is 0 Å². The van der Waals surface area contributed by atoms with Gasteiger partial charge in [0.2, 0.25) is 5.88 Å². The molecule has 0 amide bonds. The number of aryl methyl sites for hydroxylation is 1. The number of halogens is 1. The summed E-state index contributed by atoms with van der Waals surface area (Å²) in [4.78, 5) is 30.1. The number of hydrogen-bond acceptors (Lipinski definition) is 7. The maximum Gasteiger partial charge on any atom is 0.335 e. The lowest BCUT2D eigenvalue weighted by Crippen LogP contribution is -2.40. The molecule has 10 heteroatoms. The summed E-state index contributed by atoms with van der Waals surface area (Å²) in [7, 11) is 0. The molecule has 140 valence electrons. The van der Waals surface area contributed by atoms with Crippen molar-refractivity contribution in [2.45, 2.75) is 12.5 Å². The van der Waals surface area contributed by atoms with Crippen LogP contribution in [0.1, 0.15) is 11.1 Å². The molecule has 0 radical (unpaired) electrons. The number of aliphatic hydroxyl groups is 3. The second-order valence-corrected chi connectivity index (χ2v) is 6.58. The minimum absolute atomic E-state index is 0.317. The van der Waals surface area contributed by atoms with E-state index in [2.05, 4.69) is 25.9 Å². The normalized spacial score (nSPS) is 12.0. The molecule has 1 heterocycles. The van der Waals surface area contributed by atoms with E-state index in [0.717, 1.165) is 20.8 Å². The summed E-state index contributed by atoms with van der Waals surface area (Å²) < 4.78 is 1.69. The molecule has 0 aliphatic carbocycles. The number of aliphatic hydroxyl groups excluding tert-OH is 3. The first-order chi connectivity index (χ1) is 12.3. The highest BCUT2D eigenvalue weighted by atomic mass is 79.9. The Morgan fingerprint density at radius 3 is 2.38 bits per heavy atom. The number of rotatable bonds is 6. The Balaban J connectivity index is 2.65. The van der Waals surface area contributed by atoms with Crippen molar-refractivity contribution in [3.8, 4) is 11.6 Å². The van der Waals surface area contributed by atoms with Crippen LogP contribution in [0.2, 0.25) is 0 Å². The van der Waals surface area contributed by atoms with Crippen molar-refractivity contribution in [3.05, 3.63) is 54.6 Å². The highest BCUT2D eigenvalue weighted by Gasteiger charge is 2.27. The van der Waals surface area contributed by atoms with Gasteiger partial charge >= 0.3 is 5.69 Å². The summed E-state index contributed by atoms with van der Waals surface area (Å²) in [5.41, 5.74) is -2.60. The average Bonchev–Trinajstić information content (AvgIpc) is 2.61. The zero-order chi connectivity index (χ0) is 19.5. The van der Waals surface area contributed by atoms with Crippen LogP contribution in [-0.4, -0.2) is 61.6 Å². The number of aromatic amines is 1. The first-order valence-electron chi connectivity index (χ1n) is 7.51. The maximum atomic E-state index is 12.2. The van der Waals surface area contributed by atoms with Crippen LogP contribution < -0.4 is 11.2 Å². The van der Waals surface area contributed by atoms with Gasteiger partial charge in [0.15, 0.2) is 0 Å². The smallest absolute Gasteiger partial charge is 0.335 e. The van der Waals surface area contributed by atoms with E-state index in [1.165, 1.54) is 0 Å². The second kappa shape index (κ2) is 7.96. The van der Waals surface area contributed by atoms with Crippen molar-refractivity contribution >= 4 is 22.1 Å². The summed E-state index contributed by atoms with van der Waals surface area (Å²) in [5.74, 6) is -0.660. The number of benzene rings is 1. The second-order valence-electron chi connectivity index (χ2n) is 5.72. The number of hydrogen-bond donors (Lipinski definition) is 5. The van der Waals surface area contributed by atoms with Crippen LogP contribution in [0.25, 0.3) is 5.69 Å². The van der Waals surface area contributed by atoms with Gasteiger partial charge in [0.1, 0.15) is 11.1 Å². The lowest BCUT2D eigenvalue weighted by atomic mass is 10.1. The molecule has 9 nitrogen and oxygen atoms in total. The number of aromatic nitrogens is 2. The van der Waals surface area contributed by atoms with Crippen LogP contribution in [0.4, 0.5) is 0 Å². The average molecular weight is 428 g/mol. The molecule has 0 aliphatic heterocycles. The van der Waals surface area contributed by atoms with Gasteiger partial charge in [0, 0.05) is 10.7 Å². The summed E-state index contributed by atoms with van der Waals surface area (Å²) in [6.45, 7) is -0.246. The number of aliphatic imine (C=N–C) groups is 1. The maximum absolute atomic E-state index is 12.2. The standard InChI is InChI=1S/C16H18BrN3O6/c1-9-4-10(2-3-12(9)17)20-14(25)11(13(24)19-15(20)26)5-18-16(6-21,7-22)8-23/h2-5,21-23,25H,6-8H2,1H3,(H,19,24,26). The summed E-state index contributed by atoms with van der Waals surface area (Å²) >= 11 is 3.34. The van der Waals surface area contributed by atoms with E-state index in [0.29, 0.717) is 5.69 Å². The summed E-state index contributed by atoms with van der Waals surface area (Å²) in [6.07, 6.45) is 0.901. The van der Waals surface area contributed by atoms with Crippen LogP contribution >= 0.6 is 15.9 Å². The number of aromatic hydroxyl groups is 1. The Hall–Kier alpha value is -2.27. The quantitative estimate of drug-likeness (QED) is 0.390. The van der Waals surface area contributed by atoms with E-state index in [4.69, 9.17) is 0 Å². The molecule has 0 aliphatic rings. The fourth-order valence-electron chi connectivity index (χ4n) is 2.14. The van der Waals surface area contributed by atoms with Gasteiger partial charge in [-0.15, -0.1) is 0 Å². The van der Waals surface area contributed by atoms with Gasteiger partial charge < -0.3 is 20.4 Å². The fraction of sp³-hybridized carbons (Fsp3) is 0.312. The lowest BCUT2D eigenvalue weighted by Gasteiger charge is -2.22. The van der Waals surface area contributed by atoms with E-state index < -0.39 is 42.5 Å². The minimum atomic E-state index is -1.62. The molecule has 0 spiro atoms. The molecule has 5 N–H and O–H groups in total. The Labute approximate surface area is 156 Å². The third kappa shape index (κ3) is 3.78.